The van der Waals surface area contributed by atoms with Crippen LogP contribution in [-0.2, 0) is 22.9 Å². The number of ether oxygens (including phenoxy) is 1. The van der Waals surface area contributed by atoms with Gasteiger partial charge in [-0.05, 0) is 42.7 Å². The molecule has 5 heterocycles. The zero-order valence-corrected chi connectivity index (χ0v) is 16.3. The Labute approximate surface area is 171 Å². The lowest BCUT2D eigenvalue weighted by Crippen LogP contribution is -2.48. The molecule has 9 heteroatoms. The van der Waals surface area contributed by atoms with Crippen LogP contribution in [-0.4, -0.2) is 51.5 Å². The van der Waals surface area contributed by atoms with Gasteiger partial charge in [-0.15, -0.1) is 0 Å². The first-order valence-corrected chi connectivity index (χ1v) is 10.6. The van der Waals surface area contributed by atoms with Crippen molar-refractivity contribution < 1.29 is 17.9 Å². The highest BCUT2D eigenvalue weighted by Gasteiger charge is 2.93. The van der Waals surface area contributed by atoms with E-state index in [-0.39, 0.29) is 5.41 Å². The lowest BCUT2D eigenvalue weighted by atomic mass is 10.0. The normalized spacial score (nSPS) is 34.7. The van der Waals surface area contributed by atoms with E-state index < -0.39 is 17.6 Å². The highest BCUT2D eigenvalue weighted by atomic mass is 19.4. The number of hydrogen-bond donors (Lipinski definition) is 1. The summed E-state index contributed by atoms with van der Waals surface area (Å²) in [5, 5.41) is 4.77. The molecule has 0 spiro atoms. The third-order valence-corrected chi connectivity index (χ3v) is 7.94. The first-order chi connectivity index (χ1) is 14.4. The number of nitrogens with zero attached hydrogens (tertiary/aromatic N) is 4. The van der Waals surface area contributed by atoms with Crippen LogP contribution in [0.25, 0.3) is 11.3 Å². The topological polar surface area (TPSA) is 69.2 Å². The Bertz CT molecular complexity index is 1050. The molecule has 2 aromatic heterocycles. The van der Waals surface area contributed by atoms with Crippen LogP contribution in [0.5, 0.6) is 0 Å². The van der Waals surface area contributed by atoms with Crippen molar-refractivity contribution in [1.82, 2.24) is 19.7 Å². The van der Waals surface area contributed by atoms with Gasteiger partial charge in [-0.3, -0.25) is 9.58 Å². The number of hydrogen-bond acceptors (Lipinski definition) is 5. The van der Waals surface area contributed by atoms with E-state index in [1.54, 1.807) is 0 Å². The number of anilines is 1. The molecule has 3 saturated carbocycles. The van der Waals surface area contributed by atoms with Crippen LogP contribution >= 0.6 is 0 Å². The number of halogens is 3. The molecule has 1 unspecified atom stereocenters. The molecule has 4 atom stereocenters. The fraction of sp³-hybridized carbons (Fsp3) is 0.619. The van der Waals surface area contributed by atoms with Crippen LogP contribution in [0.4, 0.5) is 19.0 Å². The van der Waals surface area contributed by atoms with Gasteiger partial charge in [0.15, 0.2) is 0 Å². The summed E-state index contributed by atoms with van der Waals surface area (Å²) in [7, 11) is 0. The SMILES string of the molecule is Nc1ncc(-c2cc([C@@]34C5[C@H]3[C@H]4CN5C3COC3)n(CC3CC3)n2)cc1C(F)(F)F. The van der Waals surface area contributed by atoms with E-state index in [1.807, 2.05) is 6.07 Å². The van der Waals surface area contributed by atoms with Gasteiger partial charge in [0.25, 0.3) is 0 Å². The molecule has 0 amide bonds. The number of piperidine rings is 1. The van der Waals surface area contributed by atoms with Gasteiger partial charge < -0.3 is 10.5 Å². The van der Waals surface area contributed by atoms with Crippen molar-refractivity contribution in [3.63, 3.8) is 0 Å². The predicted octanol–water partition coefficient (Wildman–Crippen LogP) is 2.54. The first-order valence-electron chi connectivity index (χ1n) is 10.6. The zero-order valence-electron chi connectivity index (χ0n) is 16.3. The summed E-state index contributed by atoms with van der Waals surface area (Å²) >= 11 is 0. The fourth-order valence-corrected chi connectivity index (χ4v) is 6.07. The van der Waals surface area contributed by atoms with E-state index in [0.717, 1.165) is 32.4 Å². The molecule has 0 radical (unpaired) electrons. The standard InChI is InChI=1S/C21H22F3N5O/c22-21(23,24)13-3-11(5-26-19(13)25)15-4-16(29(27-15)6-10-1-2-10)20-14-7-28(12-8-30-9-12)18(20)17(14)20/h3-5,10,12,14,17-18H,1-2,6-9H2,(H2,25,26)/t14-,17-,18?,20-/m1/s1. The van der Waals surface area contributed by atoms with Crippen LogP contribution in [0.2, 0.25) is 0 Å². The summed E-state index contributed by atoms with van der Waals surface area (Å²) in [5.41, 5.74) is 6.88. The number of nitrogens with two attached hydrogens (primary N) is 1. The van der Waals surface area contributed by atoms with Crippen molar-refractivity contribution in [2.45, 2.75) is 43.1 Å². The first kappa shape index (κ1) is 17.5. The van der Waals surface area contributed by atoms with Crippen LogP contribution in [0, 0.1) is 17.8 Å². The number of pyridine rings is 1. The average Bonchev–Trinajstić information content (AvgIpc) is 3.57. The predicted molar refractivity (Wildman–Crippen MR) is 101 cm³/mol. The molecule has 6 fully saturated rings. The van der Waals surface area contributed by atoms with Gasteiger partial charge >= 0.3 is 6.18 Å². The maximum Gasteiger partial charge on any atom is 0.419 e. The maximum absolute atomic E-state index is 13.3. The largest absolute Gasteiger partial charge is 0.419 e. The minimum atomic E-state index is -4.53. The summed E-state index contributed by atoms with van der Waals surface area (Å²) in [5.74, 6) is 1.47. The van der Waals surface area contributed by atoms with Gasteiger partial charge in [0.2, 0.25) is 0 Å². The van der Waals surface area contributed by atoms with Gasteiger partial charge in [-0.2, -0.15) is 18.3 Å². The Hall–Kier alpha value is -2.13. The van der Waals surface area contributed by atoms with Crippen molar-refractivity contribution in [1.29, 1.82) is 0 Å². The van der Waals surface area contributed by atoms with Gasteiger partial charge in [-0.1, -0.05) is 0 Å². The molecule has 158 valence electrons. The second-order valence-electron chi connectivity index (χ2n) is 9.59. The lowest BCUT2D eigenvalue weighted by molar-refractivity contribution is -0.137. The Kier molecular flexibility index (Phi) is 3.14. The van der Waals surface area contributed by atoms with Crippen molar-refractivity contribution >= 4 is 5.82 Å². The smallest absolute Gasteiger partial charge is 0.383 e. The summed E-state index contributed by atoms with van der Waals surface area (Å²) in [4.78, 5) is 6.40. The fourth-order valence-electron chi connectivity index (χ4n) is 6.07. The van der Waals surface area contributed by atoms with E-state index in [4.69, 9.17) is 15.6 Å². The summed E-state index contributed by atoms with van der Waals surface area (Å²) in [6.07, 6.45) is -0.732. The van der Waals surface area contributed by atoms with E-state index in [2.05, 4.69) is 14.6 Å². The number of fused-ring (bicyclic) bond motifs is 1. The molecule has 2 aromatic rings. The molecule has 3 saturated heterocycles. The molecular weight excluding hydrogens is 395 g/mol. The van der Waals surface area contributed by atoms with E-state index in [0.29, 0.717) is 41.1 Å². The molecule has 8 rings (SSSR count). The Morgan fingerprint density at radius 3 is 2.67 bits per heavy atom. The van der Waals surface area contributed by atoms with Crippen molar-refractivity contribution in [2.75, 3.05) is 25.5 Å². The second kappa shape index (κ2) is 5.37. The molecule has 30 heavy (non-hydrogen) atoms. The zero-order chi connectivity index (χ0) is 20.4. The van der Waals surface area contributed by atoms with Crippen LogP contribution in [0.1, 0.15) is 24.1 Å². The maximum atomic E-state index is 13.3. The van der Waals surface area contributed by atoms with E-state index in [1.165, 1.54) is 24.7 Å². The van der Waals surface area contributed by atoms with Crippen molar-refractivity contribution in [2.24, 2.45) is 17.8 Å². The number of aromatic nitrogens is 3. The molecule has 6 nitrogen and oxygen atoms in total. The lowest BCUT2D eigenvalue weighted by Gasteiger charge is -2.34. The molecule has 0 aromatic carbocycles. The van der Waals surface area contributed by atoms with E-state index in [9.17, 15) is 13.2 Å². The van der Waals surface area contributed by atoms with Crippen molar-refractivity contribution in [3.05, 3.63) is 29.6 Å². The minimum absolute atomic E-state index is 0.157. The third kappa shape index (κ3) is 2.17. The average molecular weight is 417 g/mol. The monoisotopic (exact) mass is 417 g/mol. The molecule has 6 aliphatic rings. The Morgan fingerprint density at radius 1 is 1.23 bits per heavy atom. The Morgan fingerprint density at radius 2 is 2.03 bits per heavy atom. The van der Waals surface area contributed by atoms with Crippen LogP contribution in [0.3, 0.4) is 0 Å². The van der Waals surface area contributed by atoms with Gasteiger partial charge in [0.1, 0.15) is 5.82 Å². The molecule has 3 aliphatic carbocycles. The Balaban J connectivity index is 1.26. The highest BCUT2D eigenvalue weighted by molar-refractivity contribution is 5.65. The quantitative estimate of drug-likeness (QED) is 0.810. The van der Waals surface area contributed by atoms with Gasteiger partial charge in [0, 0.05) is 42.0 Å². The minimum Gasteiger partial charge on any atom is -0.383 e. The number of alkyl halides is 3. The molecule has 2 N–H and O–H groups in total. The van der Waals surface area contributed by atoms with Crippen molar-refractivity contribution in [3.8, 4) is 11.3 Å². The van der Waals surface area contributed by atoms with Crippen LogP contribution in [0.15, 0.2) is 18.3 Å². The molecule has 2 bridgehead atoms. The molecule has 3 aliphatic heterocycles. The van der Waals surface area contributed by atoms with Gasteiger partial charge in [0.05, 0.1) is 30.5 Å². The third-order valence-electron chi connectivity index (χ3n) is 7.94. The van der Waals surface area contributed by atoms with Gasteiger partial charge in [-0.25, -0.2) is 4.98 Å². The molecular formula is C21H22F3N5O. The highest BCUT2D eigenvalue weighted by Crippen LogP contribution is 2.86. The second-order valence-corrected chi connectivity index (χ2v) is 9.59. The van der Waals surface area contributed by atoms with Crippen LogP contribution < -0.4 is 5.73 Å². The number of rotatable bonds is 5. The number of nitrogen functional groups attached to an aromatic ring is 1. The van der Waals surface area contributed by atoms with E-state index >= 15 is 0 Å². The summed E-state index contributed by atoms with van der Waals surface area (Å²) < 4.78 is 47.4. The summed E-state index contributed by atoms with van der Waals surface area (Å²) in [6, 6.07) is 4.18. The summed E-state index contributed by atoms with van der Waals surface area (Å²) in [6.45, 7) is 3.59.